The summed E-state index contributed by atoms with van der Waals surface area (Å²) in [4.78, 5) is 7.35. The number of H-pyrrole nitrogens is 1. The van der Waals surface area contributed by atoms with Crippen molar-refractivity contribution in [2.75, 3.05) is 13.7 Å². The van der Waals surface area contributed by atoms with E-state index in [1.54, 1.807) is 25.3 Å². The molecule has 0 saturated heterocycles. The molecule has 4 N–H and O–H groups in total. The van der Waals surface area contributed by atoms with Crippen LogP contribution in [-0.2, 0) is 4.74 Å². The first kappa shape index (κ1) is 9.95. The summed E-state index contributed by atoms with van der Waals surface area (Å²) < 4.78 is 4.94. The maximum atomic E-state index is 9.28. The molecular formula is C10H13N3O2. The van der Waals surface area contributed by atoms with E-state index in [2.05, 4.69) is 9.97 Å². The van der Waals surface area contributed by atoms with Crippen LogP contribution in [0.1, 0.15) is 11.9 Å². The molecule has 0 saturated carbocycles. The third-order valence-corrected chi connectivity index (χ3v) is 2.18. The van der Waals surface area contributed by atoms with E-state index in [1.165, 1.54) is 0 Å². The van der Waals surface area contributed by atoms with Crippen LogP contribution in [0.3, 0.4) is 0 Å². The number of rotatable bonds is 3. The van der Waals surface area contributed by atoms with Crippen LogP contribution >= 0.6 is 0 Å². The smallest absolute Gasteiger partial charge is 0.126 e. The number of nitrogens with zero attached hydrogens (tertiary/aromatic N) is 1. The van der Waals surface area contributed by atoms with Crippen LogP contribution in [-0.4, -0.2) is 28.8 Å². The molecule has 1 aromatic carbocycles. The van der Waals surface area contributed by atoms with Crippen molar-refractivity contribution >= 4 is 11.0 Å². The van der Waals surface area contributed by atoms with E-state index in [-0.39, 0.29) is 11.8 Å². The Kier molecular flexibility index (Phi) is 2.57. The van der Waals surface area contributed by atoms with Crippen LogP contribution in [0.15, 0.2) is 18.2 Å². The first-order chi connectivity index (χ1) is 7.20. The van der Waals surface area contributed by atoms with Crippen molar-refractivity contribution in [2.45, 2.75) is 6.04 Å². The third kappa shape index (κ3) is 1.93. The highest BCUT2D eigenvalue weighted by molar-refractivity contribution is 5.76. The summed E-state index contributed by atoms with van der Waals surface area (Å²) >= 11 is 0. The number of aromatic amines is 1. The molecule has 1 atom stereocenters. The number of phenols is 1. The molecule has 2 aromatic rings. The number of nitrogens with two attached hydrogens (primary N) is 1. The molecule has 0 spiro atoms. The van der Waals surface area contributed by atoms with Gasteiger partial charge < -0.3 is 20.6 Å². The van der Waals surface area contributed by atoms with Gasteiger partial charge in [0.25, 0.3) is 0 Å². The Morgan fingerprint density at radius 2 is 2.40 bits per heavy atom. The average Bonchev–Trinajstić information content (AvgIpc) is 2.60. The van der Waals surface area contributed by atoms with Gasteiger partial charge in [-0.25, -0.2) is 4.98 Å². The van der Waals surface area contributed by atoms with E-state index in [0.717, 1.165) is 11.0 Å². The number of ether oxygens (including phenoxy) is 1. The SMILES string of the molecule is COCC(N)c1nc2ccc(O)cc2[nH]1. The van der Waals surface area contributed by atoms with Gasteiger partial charge in [0.2, 0.25) is 0 Å². The van der Waals surface area contributed by atoms with E-state index >= 15 is 0 Å². The van der Waals surface area contributed by atoms with Crippen molar-refractivity contribution in [3.8, 4) is 5.75 Å². The highest BCUT2D eigenvalue weighted by atomic mass is 16.5. The number of hydrogen-bond donors (Lipinski definition) is 3. The van der Waals surface area contributed by atoms with Crippen LogP contribution < -0.4 is 5.73 Å². The first-order valence-corrected chi connectivity index (χ1v) is 4.64. The van der Waals surface area contributed by atoms with Gasteiger partial charge >= 0.3 is 0 Å². The summed E-state index contributed by atoms with van der Waals surface area (Å²) in [6.07, 6.45) is 0. The zero-order valence-electron chi connectivity index (χ0n) is 8.40. The van der Waals surface area contributed by atoms with Crippen molar-refractivity contribution in [1.29, 1.82) is 0 Å². The highest BCUT2D eigenvalue weighted by Gasteiger charge is 2.10. The second kappa shape index (κ2) is 3.88. The number of imidazole rings is 1. The monoisotopic (exact) mass is 207 g/mol. The Balaban J connectivity index is 2.38. The highest BCUT2D eigenvalue weighted by Crippen LogP contribution is 2.19. The quantitative estimate of drug-likeness (QED) is 0.698. The van der Waals surface area contributed by atoms with Gasteiger partial charge in [-0.1, -0.05) is 0 Å². The minimum absolute atomic E-state index is 0.206. The lowest BCUT2D eigenvalue weighted by Gasteiger charge is -2.05. The number of methoxy groups -OCH3 is 1. The molecule has 5 nitrogen and oxygen atoms in total. The minimum atomic E-state index is -0.274. The summed E-state index contributed by atoms with van der Waals surface area (Å²) in [7, 11) is 1.59. The predicted octanol–water partition coefficient (Wildman–Crippen LogP) is 0.915. The van der Waals surface area contributed by atoms with Crippen molar-refractivity contribution in [2.24, 2.45) is 5.73 Å². The van der Waals surface area contributed by atoms with Gasteiger partial charge in [0, 0.05) is 13.2 Å². The zero-order chi connectivity index (χ0) is 10.8. The maximum Gasteiger partial charge on any atom is 0.126 e. The number of benzene rings is 1. The van der Waals surface area contributed by atoms with Crippen LogP contribution in [0, 0.1) is 0 Å². The summed E-state index contributed by atoms with van der Waals surface area (Å²) in [6, 6.07) is 4.68. The van der Waals surface area contributed by atoms with E-state index in [0.29, 0.717) is 12.4 Å². The van der Waals surface area contributed by atoms with Gasteiger partial charge in [0.15, 0.2) is 0 Å². The Labute approximate surface area is 86.9 Å². The molecule has 1 aromatic heterocycles. The van der Waals surface area contributed by atoms with E-state index in [9.17, 15) is 5.11 Å². The van der Waals surface area contributed by atoms with Crippen molar-refractivity contribution < 1.29 is 9.84 Å². The number of aromatic nitrogens is 2. The summed E-state index contributed by atoms with van der Waals surface area (Å²) in [5, 5.41) is 9.28. The number of phenolic OH excluding ortho intramolecular Hbond substituents is 1. The van der Waals surface area contributed by atoms with Gasteiger partial charge in [-0.2, -0.15) is 0 Å². The number of aromatic hydroxyl groups is 1. The molecule has 0 aliphatic heterocycles. The van der Waals surface area contributed by atoms with Gasteiger partial charge in [-0.05, 0) is 12.1 Å². The van der Waals surface area contributed by atoms with Crippen molar-refractivity contribution in [3.05, 3.63) is 24.0 Å². The molecule has 5 heteroatoms. The molecule has 0 bridgehead atoms. The Morgan fingerprint density at radius 3 is 3.13 bits per heavy atom. The van der Waals surface area contributed by atoms with Gasteiger partial charge in [0.05, 0.1) is 23.7 Å². The maximum absolute atomic E-state index is 9.28. The van der Waals surface area contributed by atoms with E-state index in [1.807, 2.05) is 0 Å². The number of nitrogens with one attached hydrogen (secondary N) is 1. The molecule has 1 unspecified atom stereocenters. The second-order valence-electron chi connectivity index (χ2n) is 3.39. The first-order valence-electron chi connectivity index (χ1n) is 4.64. The van der Waals surface area contributed by atoms with E-state index in [4.69, 9.17) is 10.5 Å². The van der Waals surface area contributed by atoms with Crippen LogP contribution in [0.5, 0.6) is 5.75 Å². The summed E-state index contributed by atoms with van der Waals surface area (Å²) in [5.74, 6) is 0.871. The molecule has 15 heavy (non-hydrogen) atoms. The fourth-order valence-electron chi connectivity index (χ4n) is 1.45. The van der Waals surface area contributed by atoms with Crippen LogP contribution in [0.2, 0.25) is 0 Å². The van der Waals surface area contributed by atoms with Crippen LogP contribution in [0.25, 0.3) is 11.0 Å². The topological polar surface area (TPSA) is 84.2 Å². The normalized spacial score (nSPS) is 13.2. The molecule has 1 heterocycles. The zero-order valence-corrected chi connectivity index (χ0v) is 8.40. The molecule has 0 aliphatic carbocycles. The average molecular weight is 207 g/mol. The fourth-order valence-corrected chi connectivity index (χ4v) is 1.45. The third-order valence-electron chi connectivity index (χ3n) is 2.18. The van der Waals surface area contributed by atoms with Crippen molar-refractivity contribution in [1.82, 2.24) is 9.97 Å². The lowest BCUT2D eigenvalue weighted by atomic mass is 10.3. The molecule has 0 aliphatic rings. The lowest BCUT2D eigenvalue weighted by molar-refractivity contribution is 0.178. The fraction of sp³-hybridized carbons (Fsp3) is 0.300. The number of hydrogen-bond acceptors (Lipinski definition) is 4. The molecular weight excluding hydrogens is 194 g/mol. The second-order valence-corrected chi connectivity index (χ2v) is 3.39. The van der Waals surface area contributed by atoms with Crippen LogP contribution in [0.4, 0.5) is 0 Å². The molecule has 2 rings (SSSR count). The summed E-state index contributed by atoms with van der Waals surface area (Å²) in [5.41, 5.74) is 7.39. The number of fused-ring (bicyclic) bond motifs is 1. The van der Waals surface area contributed by atoms with Gasteiger partial charge in [-0.3, -0.25) is 0 Å². The summed E-state index contributed by atoms with van der Waals surface area (Å²) in [6.45, 7) is 0.409. The Hall–Kier alpha value is -1.59. The largest absolute Gasteiger partial charge is 0.508 e. The van der Waals surface area contributed by atoms with E-state index < -0.39 is 0 Å². The van der Waals surface area contributed by atoms with Crippen molar-refractivity contribution in [3.63, 3.8) is 0 Å². The molecule has 0 fully saturated rings. The van der Waals surface area contributed by atoms with Gasteiger partial charge in [0.1, 0.15) is 11.6 Å². The van der Waals surface area contributed by atoms with Gasteiger partial charge in [-0.15, -0.1) is 0 Å². The Bertz CT molecular complexity index is 467. The lowest BCUT2D eigenvalue weighted by Crippen LogP contribution is -2.17. The minimum Gasteiger partial charge on any atom is -0.508 e. The molecule has 0 radical (unpaired) electrons. The predicted molar refractivity (Wildman–Crippen MR) is 56.6 cm³/mol. The molecule has 0 amide bonds. The Morgan fingerprint density at radius 1 is 1.60 bits per heavy atom. The standard InChI is InChI=1S/C10H13N3O2/c1-15-5-7(11)10-12-8-3-2-6(14)4-9(8)13-10/h2-4,7,14H,5,11H2,1H3,(H,12,13). The molecule has 80 valence electrons.